The van der Waals surface area contributed by atoms with E-state index in [1.807, 2.05) is 4.90 Å². The number of nitrogens with zero attached hydrogens (tertiary/aromatic N) is 1. The van der Waals surface area contributed by atoms with Crippen molar-refractivity contribution in [2.24, 2.45) is 0 Å². The summed E-state index contributed by atoms with van der Waals surface area (Å²) in [6.45, 7) is 2.64. The minimum absolute atomic E-state index is 0.315. The third-order valence-electron chi connectivity index (χ3n) is 1.85. The highest BCUT2D eigenvalue weighted by atomic mass is 16.2. The maximum atomic E-state index is 11.1. The molecule has 3 heteroatoms. The van der Waals surface area contributed by atoms with Crippen LogP contribution in [0.5, 0.6) is 0 Å². The molecule has 0 aromatic rings. The van der Waals surface area contributed by atoms with Crippen molar-refractivity contribution >= 4 is 5.91 Å². The van der Waals surface area contributed by atoms with Gasteiger partial charge in [-0.05, 0) is 12.8 Å². The number of piperidine rings is 1. The molecule has 0 unspecified atom stereocenters. The zero-order valence-electron chi connectivity index (χ0n) is 6.31. The van der Waals surface area contributed by atoms with E-state index >= 15 is 0 Å². The van der Waals surface area contributed by atoms with Crippen LogP contribution in [-0.4, -0.2) is 30.4 Å². The minimum atomic E-state index is 0.315. The Morgan fingerprint density at radius 1 is 1.50 bits per heavy atom. The van der Waals surface area contributed by atoms with Crippen molar-refractivity contribution in [2.45, 2.75) is 19.3 Å². The number of carbonyl (C=O) groups is 1. The summed E-state index contributed by atoms with van der Waals surface area (Å²) in [5, 5.41) is 0. The molecule has 1 fully saturated rings. The lowest BCUT2D eigenvalue weighted by molar-refractivity contribution is -0.368. The second-order valence-electron chi connectivity index (χ2n) is 2.69. The van der Waals surface area contributed by atoms with Crippen molar-refractivity contribution in [1.82, 2.24) is 4.90 Å². The maximum absolute atomic E-state index is 11.1. The Morgan fingerprint density at radius 3 is 2.90 bits per heavy atom. The van der Waals surface area contributed by atoms with Crippen LogP contribution in [0.2, 0.25) is 0 Å². The molecule has 1 heterocycles. The number of hydrogen-bond acceptors (Lipinski definition) is 1. The zero-order valence-corrected chi connectivity index (χ0v) is 6.31. The van der Waals surface area contributed by atoms with Gasteiger partial charge in [0.25, 0.3) is 0 Å². The van der Waals surface area contributed by atoms with E-state index in [4.69, 9.17) is 0 Å². The standard InChI is InChI=1S/C7H14N2O/c8-4-6-9-5-2-1-3-7(9)10/h1-6,8H2/p+1. The van der Waals surface area contributed by atoms with E-state index in [0.717, 1.165) is 32.5 Å². The minimum Gasteiger partial charge on any atom is -0.356 e. The highest BCUT2D eigenvalue weighted by Gasteiger charge is 2.16. The molecule has 0 aliphatic carbocycles. The number of carbonyl (C=O) groups excluding carboxylic acids is 1. The summed E-state index contributed by atoms with van der Waals surface area (Å²) >= 11 is 0. The van der Waals surface area contributed by atoms with Crippen LogP contribution in [0.4, 0.5) is 0 Å². The van der Waals surface area contributed by atoms with Gasteiger partial charge in [0, 0.05) is 13.0 Å². The molecule has 3 nitrogen and oxygen atoms in total. The molecule has 0 spiro atoms. The molecule has 3 N–H and O–H groups in total. The third-order valence-corrected chi connectivity index (χ3v) is 1.85. The summed E-state index contributed by atoms with van der Waals surface area (Å²) in [4.78, 5) is 13.0. The van der Waals surface area contributed by atoms with Crippen molar-refractivity contribution in [2.75, 3.05) is 19.6 Å². The van der Waals surface area contributed by atoms with Gasteiger partial charge in [-0.1, -0.05) is 0 Å². The molecule has 0 aromatic heterocycles. The van der Waals surface area contributed by atoms with Crippen LogP contribution in [0.3, 0.4) is 0 Å². The number of hydrogen-bond donors (Lipinski definition) is 1. The predicted octanol–water partition coefficient (Wildman–Crippen LogP) is -0.759. The first kappa shape index (κ1) is 7.54. The van der Waals surface area contributed by atoms with E-state index < -0.39 is 0 Å². The maximum Gasteiger partial charge on any atom is 0.222 e. The summed E-state index contributed by atoms with van der Waals surface area (Å²) in [5.41, 5.74) is 3.72. The Kier molecular flexibility index (Phi) is 2.68. The lowest BCUT2D eigenvalue weighted by Crippen LogP contribution is -2.56. The van der Waals surface area contributed by atoms with Crippen LogP contribution >= 0.6 is 0 Å². The van der Waals surface area contributed by atoms with Crippen LogP contribution < -0.4 is 5.73 Å². The van der Waals surface area contributed by atoms with Gasteiger partial charge in [-0.2, -0.15) is 0 Å². The molecule has 1 aliphatic rings. The molecule has 0 atom stereocenters. The topological polar surface area (TPSA) is 48.0 Å². The van der Waals surface area contributed by atoms with Gasteiger partial charge in [-0.3, -0.25) is 4.79 Å². The van der Waals surface area contributed by atoms with Gasteiger partial charge in [-0.25, -0.2) is 0 Å². The summed E-state index contributed by atoms with van der Waals surface area (Å²) in [7, 11) is 0. The lowest BCUT2D eigenvalue weighted by atomic mass is 10.1. The molecule has 1 amide bonds. The van der Waals surface area contributed by atoms with Gasteiger partial charge in [0.15, 0.2) is 0 Å². The molecule has 1 saturated heterocycles. The summed E-state index contributed by atoms with van der Waals surface area (Å²) < 4.78 is 0. The van der Waals surface area contributed by atoms with Crippen LogP contribution in [0.15, 0.2) is 0 Å². The number of quaternary nitrogens is 1. The van der Waals surface area contributed by atoms with Crippen LogP contribution in [0, 0.1) is 0 Å². The molecule has 1 rings (SSSR count). The first-order chi connectivity index (χ1) is 4.84. The highest BCUT2D eigenvalue weighted by Crippen LogP contribution is 2.08. The van der Waals surface area contributed by atoms with E-state index in [1.54, 1.807) is 0 Å². The second kappa shape index (κ2) is 3.56. The van der Waals surface area contributed by atoms with E-state index in [0.29, 0.717) is 5.91 Å². The fourth-order valence-electron chi connectivity index (χ4n) is 1.29. The molecule has 0 bridgehead atoms. The Balaban J connectivity index is 2.32. The summed E-state index contributed by atoms with van der Waals surface area (Å²) in [6.07, 6.45) is 3.00. The molecule has 10 heavy (non-hydrogen) atoms. The van der Waals surface area contributed by atoms with Crippen molar-refractivity contribution in [1.29, 1.82) is 0 Å². The normalized spacial score (nSPS) is 19.7. The van der Waals surface area contributed by atoms with Crippen molar-refractivity contribution < 1.29 is 10.5 Å². The van der Waals surface area contributed by atoms with Crippen molar-refractivity contribution in [3.05, 3.63) is 0 Å². The van der Waals surface area contributed by atoms with E-state index in [2.05, 4.69) is 5.73 Å². The molecular weight excluding hydrogens is 128 g/mol. The smallest absolute Gasteiger partial charge is 0.222 e. The monoisotopic (exact) mass is 143 g/mol. The molecular formula is C7H15N2O+. The lowest BCUT2D eigenvalue weighted by Gasteiger charge is -2.24. The fraction of sp³-hybridized carbons (Fsp3) is 0.857. The first-order valence-electron chi connectivity index (χ1n) is 3.91. The summed E-state index contributed by atoms with van der Waals surface area (Å²) in [5.74, 6) is 0.315. The van der Waals surface area contributed by atoms with E-state index in [1.165, 1.54) is 6.42 Å². The Labute approximate surface area is 61.2 Å². The van der Waals surface area contributed by atoms with Gasteiger partial charge in [0.2, 0.25) is 5.91 Å². The van der Waals surface area contributed by atoms with Gasteiger partial charge in [0.05, 0.1) is 13.1 Å². The molecule has 0 saturated carbocycles. The molecule has 0 radical (unpaired) electrons. The Morgan fingerprint density at radius 2 is 2.30 bits per heavy atom. The highest BCUT2D eigenvalue weighted by molar-refractivity contribution is 5.76. The number of amides is 1. The quantitative estimate of drug-likeness (QED) is 0.542. The first-order valence-corrected chi connectivity index (χ1v) is 3.91. The predicted molar refractivity (Wildman–Crippen MR) is 38.2 cm³/mol. The molecule has 0 aromatic carbocycles. The molecule has 58 valence electrons. The fourth-order valence-corrected chi connectivity index (χ4v) is 1.29. The average Bonchev–Trinajstić information content (AvgIpc) is 1.94. The average molecular weight is 143 g/mol. The van der Waals surface area contributed by atoms with Crippen LogP contribution in [0.1, 0.15) is 19.3 Å². The Bertz CT molecular complexity index is 123. The number of likely N-dealkylation sites (tertiary alicyclic amines) is 1. The third kappa shape index (κ3) is 1.70. The number of rotatable bonds is 2. The zero-order chi connectivity index (χ0) is 7.40. The largest absolute Gasteiger partial charge is 0.356 e. The van der Waals surface area contributed by atoms with Crippen LogP contribution in [0.25, 0.3) is 0 Å². The van der Waals surface area contributed by atoms with Gasteiger partial charge >= 0.3 is 0 Å². The van der Waals surface area contributed by atoms with Gasteiger partial charge in [0.1, 0.15) is 0 Å². The van der Waals surface area contributed by atoms with E-state index in [9.17, 15) is 4.79 Å². The SMILES string of the molecule is [NH3+]CCN1CCCCC1=O. The van der Waals surface area contributed by atoms with Crippen LogP contribution in [-0.2, 0) is 4.79 Å². The molecule has 1 aliphatic heterocycles. The van der Waals surface area contributed by atoms with Crippen molar-refractivity contribution in [3.63, 3.8) is 0 Å². The van der Waals surface area contributed by atoms with E-state index in [-0.39, 0.29) is 0 Å². The van der Waals surface area contributed by atoms with Gasteiger partial charge < -0.3 is 10.6 Å². The summed E-state index contributed by atoms with van der Waals surface area (Å²) in [6, 6.07) is 0. The van der Waals surface area contributed by atoms with Gasteiger partial charge in [-0.15, -0.1) is 0 Å². The Hall–Kier alpha value is -0.570. The van der Waals surface area contributed by atoms with Crippen molar-refractivity contribution in [3.8, 4) is 0 Å². The second-order valence-corrected chi connectivity index (χ2v) is 2.69.